The van der Waals surface area contributed by atoms with E-state index < -0.39 is 21.5 Å². The van der Waals surface area contributed by atoms with Gasteiger partial charge in [-0.2, -0.15) is 0 Å². The SMILES string of the molecule is CC(C)CC(C)CC(C)CC(C)COC(C)(C)CC(C)OC(C)C(C)COC(C)(C)CC(O)CS(C)(=O)=O. The Kier molecular flexibility index (Phi) is 16.8. The van der Waals surface area contributed by atoms with Crippen LogP contribution in [0.4, 0.5) is 0 Å². The summed E-state index contributed by atoms with van der Waals surface area (Å²) in [6.45, 7) is 27.2. The topological polar surface area (TPSA) is 82.1 Å². The van der Waals surface area contributed by atoms with Gasteiger partial charge in [-0.3, -0.25) is 0 Å². The number of hydrogen-bond acceptors (Lipinski definition) is 6. The van der Waals surface area contributed by atoms with Gasteiger partial charge in [0.2, 0.25) is 0 Å². The molecule has 6 nitrogen and oxygen atoms in total. The molecule has 0 fully saturated rings. The molecule has 0 bridgehead atoms. The summed E-state index contributed by atoms with van der Waals surface area (Å²) < 4.78 is 41.6. The van der Waals surface area contributed by atoms with E-state index in [4.69, 9.17) is 14.2 Å². The average Bonchev–Trinajstić information content (AvgIpc) is 2.67. The zero-order valence-corrected chi connectivity index (χ0v) is 28.0. The fourth-order valence-electron chi connectivity index (χ4n) is 5.63. The minimum absolute atomic E-state index is 0.00912. The van der Waals surface area contributed by atoms with Crippen LogP contribution < -0.4 is 0 Å². The van der Waals surface area contributed by atoms with E-state index in [9.17, 15) is 13.5 Å². The van der Waals surface area contributed by atoms with Gasteiger partial charge in [0.25, 0.3) is 0 Å². The molecule has 38 heavy (non-hydrogen) atoms. The van der Waals surface area contributed by atoms with E-state index in [1.54, 1.807) is 0 Å². The predicted molar refractivity (Wildman–Crippen MR) is 160 cm³/mol. The lowest BCUT2D eigenvalue weighted by molar-refractivity contribution is -0.112. The summed E-state index contributed by atoms with van der Waals surface area (Å²) in [6, 6.07) is 0. The first-order valence-electron chi connectivity index (χ1n) is 14.9. The maximum atomic E-state index is 11.4. The number of rotatable bonds is 21. The van der Waals surface area contributed by atoms with Gasteiger partial charge in [0.15, 0.2) is 0 Å². The molecule has 0 heterocycles. The zero-order valence-electron chi connectivity index (χ0n) is 27.2. The van der Waals surface area contributed by atoms with Crippen LogP contribution in [0.3, 0.4) is 0 Å². The Balaban J connectivity index is 4.50. The minimum Gasteiger partial charge on any atom is -0.392 e. The summed E-state index contributed by atoms with van der Waals surface area (Å²) in [4.78, 5) is 0. The highest BCUT2D eigenvalue weighted by Gasteiger charge is 2.29. The van der Waals surface area contributed by atoms with Gasteiger partial charge >= 0.3 is 0 Å². The molecular formula is C31H64O6S. The van der Waals surface area contributed by atoms with Gasteiger partial charge in [-0.1, -0.05) is 41.5 Å². The molecule has 0 rings (SSSR count). The average molecular weight is 565 g/mol. The van der Waals surface area contributed by atoms with Crippen LogP contribution in [0.2, 0.25) is 0 Å². The smallest absolute Gasteiger partial charge is 0.149 e. The maximum Gasteiger partial charge on any atom is 0.149 e. The first-order valence-corrected chi connectivity index (χ1v) is 17.0. The van der Waals surface area contributed by atoms with Crippen molar-refractivity contribution in [3.8, 4) is 0 Å². The van der Waals surface area contributed by atoms with Crippen LogP contribution >= 0.6 is 0 Å². The van der Waals surface area contributed by atoms with E-state index in [-0.39, 0.29) is 35.9 Å². The highest BCUT2D eigenvalue weighted by atomic mass is 32.2. The summed E-state index contributed by atoms with van der Waals surface area (Å²) >= 11 is 0. The highest BCUT2D eigenvalue weighted by Crippen LogP contribution is 2.27. The van der Waals surface area contributed by atoms with Crippen molar-refractivity contribution in [2.75, 3.05) is 25.2 Å². The summed E-state index contributed by atoms with van der Waals surface area (Å²) in [5, 5.41) is 10.1. The molecule has 0 aliphatic heterocycles. The Labute approximate surface area is 236 Å². The molecule has 0 aliphatic carbocycles. The van der Waals surface area contributed by atoms with Crippen LogP contribution in [0.25, 0.3) is 0 Å². The van der Waals surface area contributed by atoms with Crippen LogP contribution in [-0.2, 0) is 24.0 Å². The van der Waals surface area contributed by atoms with Crippen molar-refractivity contribution in [2.45, 2.75) is 145 Å². The fourth-order valence-corrected chi connectivity index (χ4v) is 6.45. The van der Waals surface area contributed by atoms with Crippen molar-refractivity contribution in [2.24, 2.45) is 29.6 Å². The van der Waals surface area contributed by atoms with Crippen molar-refractivity contribution in [3.05, 3.63) is 0 Å². The molecule has 7 heteroatoms. The van der Waals surface area contributed by atoms with E-state index in [1.807, 2.05) is 13.8 Å². The Bertz CT molecular complexity index is 733. The molecule has 230 valence electrons. The number of aliphatic hydroxyl groups excluding tert-OH is 1. The van der Waals surface area contributed by atoms with Crippen LogP contribution in [0.15, 0.2) is 0 Å². The third-order valence-corrected chi connectivity index (χ3v) is 8.22. The molecular weight excluding hydrogens is 500 g/mol. The lowest BCUT2D eigenvalue weighted by Gasteiger charge is -2.34. The van der Waals surface area contributed by atoms with Crippen LogP contribution in [0, 0.1) is 29.6 Å². The van der Waals surface area contributed by atoms with Gasteiger partial charge < -0.3 is 19.3 Å². The van der Waals surface area contributed by atoms with Crippen LogP contribution in [-0.4, -0.2) is 68.3 Å². The van der Waals surface area contributed by atoms with Gasteiger partial charge in [0.05, 0.1) is 41.9 Å². The van der Waals surface area contributed by atoms with Gasteiger partial charge in [0, 0.05) is 31.6 Å². The Morgan fingerprint density at radius 3 is 1.71 bits per heavy atom. The molecule has 0 aromatic heterocycles. The highest BCUT2D eigenvalue weighted by molar-refractivity contribution is 7.90. The van der Waals surface area contributed by atoms with E-state index in [2.05, 4.69) is 69.2 Å². The fraction of sp³-hybridized carbons (Fsp3) is 1.00. The second-order valence-electron chi connectivity index (χ2n) is 14.3. The van der Waals surface area contributed by atoms with Crippen molar-refractivity contribution in [1.29, 1.82) is 0 Å². The minimum atomic E-state index is -3.23. The monoisotopic (exact) mass is 564 g/mol. The van der Waals surface area contributed by atoms with E-state index in [1.165, 1.54) is 19.3 Å². The number of ether oxygens (including phenoxy) is 3. The van der Waals surface area contributed by atoms with Crippen molar-refractivity contribution in [1.82, 2.24) is 0 Å². The molecule has 0 aromatic rings. The van der Waals surface area contributed by atoms with Gasteiger partial charge in [0.1, 0.15) is 9.84 Å². The lowest BCUT2D eigenvalue weighted by atomic mass is 9.86. The quantitative estimate of drug-likeness (QED) is 0.163. The normalized spacial score (nSPS) is 19.1. The molecule has 0 amide bonds. The molecule has 7 atom stereocenters. The van der Waals surface area contributed by atoms with Crippen molar-refractivity contribution in [3.63, 3.8) is 0 Å². The number of aliphatic hydroxyl groups is 1. The summed E-state index contributed by atoms with van der Waals surface area (Å²) in [5.74, 6) is 2.68. The van der Waals surface area contributed by atoms with Gasteiger partial charge in [-0.05, 0) is 84.5 Å². The molecule has 0 saturated heterocycles. The second kappa shape index (κ2) is 16.9. The van der Waals surface area contributed by atoms with E-state index in [0.29, 0.717) is 18.4 Å². The maximum absolute atomic E-state index is 11.4. The molecule has 0 saturated carbocycles. The van der Waals surface area contributed by atoms with E-state index >= 15 is 0 Å². The van der Waals surface area contributed by atoms with Crippen LogP contribution in [0.1, 0.15) is 115 Å². The third-order valence-electron chi connectivity index (χ3n) is 7.23. The van der Waals surface area contributed by atoms with Crippen molar-refractivity contribution < 1.29 is 27.7 Å². The summed E-state index contributed by atoms with van der Waals surface area (Å²) in [5.41, 5.74) is -0.890. The first kappa shape index (κ1) is 37.8. The predicted octanol–water partition coefficient (Wildman–Crippen LogP) is 6.93. The van der Waals surface area contributed by atoms with Gasteiger partial charge in [-0.25, -0.2) is 8.42 Å². The zero-order chi connectivity index (χ0) is 29.9. The number of hydrogen-bond donors (Lipinski definition) is 1. The molecule has 0 aliphatic rings. The molecule has 0 spiro atoms. The van der Waals surface area contributed by atoms with Crippen molar-refractivity contribution >= 4 is 9.84 Å². The Hall–Kier alpha value is -0.210. The lowest BCUT2D eigenvalue weighted by Crippen LogP contribution is -2.37. The largest absolute Gasteiger partial charge is 0.392 e. The van der Waals surface area contributed by atoms with Gasteiger partial charge in [-0.15, -0.1) is 0 Å². The van der Waals surface area contributed by atoms with E-state index in [0.717, 1.165) is 31.1 Å². The van der Waals surface area contributed by atoms with Crippen LogP contribution in [0.5, 0.6) is 0 Å². The third kappa shape index (κ3) is 19.8. The summed E-state index contributed by atoms with van der Waals surface area (Å²) in [7, 11) is -3.23. The summed E-state index contributed by atoms with van der Waals surface area (Å²) in [6.07, 6.45) is 5.08. The molecule has 1 N–H and O–H groups in total. The number of sulfone groups is 1. The molecule has 7 unspecified atom stereocenters. The standard InChI is InChI=1S/C31H64O6S/c1-22(2)14-23(3)15-24(4)16-25(5)19-35-30(9,10)17-27(7)37-28(8)26(6)20-36-31(11,12)18-29(32)21-38(13,33)34/h22-29,32H,14-21H2,1-13H3. The Morgan fingerprint density at radius 2 is 1.18 bits per heavy atom. The second-order valence-corrected chi connectivity index (χ2v) is 16.5. The first-order chi connectivity index (χ1) is 17.1. The Morgan fingerprint density at radius 1 is 0.711 bits per heavy atom. The molecule has 0 radical (unpaired) electrons. The molecule has 0 aromatic carbocycles.